The number of hydrogen-bond acceptors (Lipinski definition) is 4. The summed E-state index contributed by atoms with van der Waals surface area (Å²) in [5.41, 5.74) is 3.97. The summed E-state index contributed by atoms with van der Waals surface area (Å²) in [4.78, 5) is 0.180. The molecule has 1 aromatic carbocycles. The average molecular weight is 359 g/mol. The van der Waals surface area contributed by atoms with Crippen molar-refractivity contribution in [3.05, 3.63) is 59.2 Å². The largest absolute Gasteiger partial charge is 0.280 e. The van der Waals surface area contributed by atoms with Gasteiger partial charge in [0, 0.05) is 24.6 Å². The third kappa shape index (κ3) is 3.74. The van der Waals surface area contributed by atoms with E-state index in [0.717, 1.165) is 17.0 Å². The Morgan fingerprint density at radius 1 is 1.12 bits per heavy atom. The molecule has 1 N–H and O–H groups in total. The maximum absolute atomic E-state index is 12.6. The lowest BCUT2D eigenvalue weighted by Crippen LogP contribution is -2.14. The van der Waals surface area contributed by atoms with Crippen LogP contribution in [-0.2, 0) is 23.6 Å². The molecule has 0 amide bonds. The van der Waals surface area contributed by atoms with Gasteiger partial charge in [0.1, 0.15) is 4.90 Å². The van der Waals surface area contributed by atoms with E-state index >= 15 is 0 Å². The standard InChI is InChI=1S/C17H21N5O2S/c1-12-8-13(2)22(18-12)10-15-6-5-7-16(9-15)20-25(23,24)17-11-21(4)19-14(17)3/h5-9,11,20H,10H2,1-4H3. The van der Waals surface area contributed by atoms with Crippen molar-refractivity contribution in [2.75, 3.05) is 4.72 Å². The SMILES string of the molecule is Cc1cc(C)n(Cc2cccc(NS(=O)(=O)c3cn(C)nc3C)c2)n1. The van der Waals surface area contributed by atoms with Gasteiger partial charge in [-0.05, 0) is 44.5 Å². The molecule has 3 aromatic rings. The minimum Gasteiger partial charge on any atom is -0.280 e. The molecule has 132 valence electrons. The Morgan fingerprint density at radius 3 is 2.48 bits per heavy atom. The molecule has 0 aliphatic heterocycles. The second-order valence-electron chi connectivity index (χ2n) is 6.14. The van der Waals surface area contributed by atoms with Gasteiger partial charge in [-0.25, -0.2) is 8.42 Å². The fourth-order valence-corrected chi connectivity index (χ4v) is 4.06. The van der Waals surface area contributed by atoms with E-state index in [1.54, 1.807) is 20.0 Å². The van der Waals surface area contributed by atoms with Crippen LogP contribution in [0, 0.1) is 20.8 Å². The van der Waals surface area contributed by atoms with Crippen LogP contribution in [0.1, 0.15) is 22.6 Å². The van der Waals surface area contributed by atoms with Gasteiger partial charge in [-0.3, -0.25) is 14.1 Å². The highest BCUT2D eigenvalue weighted by atomic mass is 32.2. The van der Waals surface area contributed by atoms with E-state index < -0.39 is 10.0 Å². The molecule has 0 saturated carbocycles. The summed E-state index contributed by atoms with van der Waals surface area (Å²) in [6.45, 7) is 6.21. The Labute approximate surface area is 147 Å². The summed E-state index contributed by atoms with van der Waals surface area (Å²) in [6.07, 6.45) is 1.50. The third-order valence-corrected chi connectivity index (χ3v) is 5.36. The first-order chi connectivity index (χ1) is 11.7. The van der Waals surface area contributed by atoms with Crippen molar-refractivity contribution in [2.24, 2.45) is 7.05 Å². The zero-order valence-electron chi connectivity index (χ0n) is 14.7. The highest BCUT2D eigenvalue weighted by Gasteiger charge is 2.20. The van der Waals surface area contributed by atoms with Crippen LogP contribution in [-0.4, -0.2) is 28.0 Å². The summed E-state index contributed by atoms with van der Waals surface area (Å²) >= 11 is 0. The number of nitrogens with zero attached hydrogens (tertiary/aromatic N) is 4. The number of aromatic nitrogens is 4. The molecule has 0 aliphatic rings. The van der Waals surface area contributed by atoms with Crippen LogP contribution in [0.5, 0.6) is 0 Å². The molecular weight excluding hydrogens is 338 g/mol. The maximum atomic E-state index is 12.6. The molecule has 8 heteroatoms. The van der Waals surface area contributed by atoms with Crippen molar-refractivity contribution < 1.29 is 8.42 Å². The molecule has 0 saturated heterocycles. The molecule has 0 aliphatic carbocycles. The fourth-order valence-electron chi connectivity index (χ4n) is 2.79. The van der Waals surface area contributed by atoms with Crippen LogP contribution in [0.2, 0.25) is 0 Å². The predicted octanol–water partition coefficient (Wildman–Crippen LogP) is 2.39. The summed E-state index contributed by atoms with van der Waals surface area (Å²) < 4.78 is 31.2. The van der Waals surface area contributed by atoms with E-state index in [9.17, 15) is 8.42 Å². The van der Waals surface area contributed by atoms with Crippen molar-refractivity contribution in [1.82, 2.24) is 19.6 Å². The van der Waals surface area contributed by atoms with Gasteiger partial charge in [0.15, 0.2) is 0 Å². The van der Waals surface area contributed by atoms with Crippen molar-refractivity contribution in [2.45, 2.75) is 32.2 Å². The van der Waals surface area contributed by atoms with E-state index in [0.29, 0.717) is 17.9 Å². The normalized spacial score (nSPS) is 11.7. The van der Waals surface area contributed by atoms with Crippen molar-refractivity contribution in [3.63, 3.8) is 0 Å². The van der Waals surface area contributed by atoms with Crippen LogP contribution in [0.3, 0.4) is 0 Å². The highest BCUT2D eigenvalue weighted by molar-refractivity contribution is 7.92. The Bertz CT molecular complexity index is 1020. The van der Waals surface area contributed by atoms with Gasteiger partial charge >= 0.3 is 0 Å². The lowest BCUT2D eigenvalue weighted by Gasteiger charge is -2.10. The number of aryl methyl sites for hydroxylation is 4. The first kappa shape index (κ1) is 17.2. The minimum atomic E-state index is -3.67. The van der Waals surface area contributed by atoms with E-state index in [1.165, 1.54) is 10.9 Å². The number of anilines is 1. The van der Waals surface area contributed by atoms with E-state index in [-0.39, 0.29) is 4.90 Å². The first-order valence-corrected chi connectivity index (χ1v) is 9.36. The van der Waals surface area contributed by atoms with Crippen molar-refractivity contribution >= 4 is 15.7 Å². The van der Waals surface area contributed by atoms with Crippen LogP contribution in [0.4, 0.5) is 5.69 Å². The number of nitrogens with one attached hydrogen (secondary N) is 1. The van der Waals surface area contributed by atoms with Gasteiger partial charge in [0.25, 0.3) is 10.0 Å². The molecule has 0 radical (unpaired) electrons. The van der Waals surface area contributed by atoms with Crippen molar-refractivity contribution in [3.8, 4) is 0 Å². The molecule has 0 unspecified atom stereocenters. The first-order valence-electron chi connectivity index (χ1n) is 7.87. The molecule has 2 aromatic heterocycles. The topological polar surface area (TPSA) is 81.8 Å². The van der Waals surface area contributed by atoms with E-state index in [4.69, 9.17) is 0 Å². The van der Waals surface area contributed by atoms with Gasteiger partial charge in [0.05, 0.1) is 17.9 Å². The molecule has 0 atom stereocenters. The molecular formula is C17H21N5O2S. The monoisotopic (exact) mass is 359 g/mol. The molecule has 0 spiro atoms. The predicted molar refractivity (Wildman–Crippen MR) is 96.0 cm³/mol. The molecule has 2 heterocycles. The third-order valence-electron chi connectivity index (χ3n) is 3.87. The zero-order chi connectivity index (χ0) is 18.2. The Morgan fingerprint density at radius 2 is 1.88 bits per heavy atom. The summed E-state index contributed by atoms with van der Waals surface area (Å²) in [5.74, 6) is 0. The maximum Gasteiger partial charge on any atom is 0.265 e. The quantitative estimate of drug-likeness (QED) is 0.758. The Hall–Kier alpha value is -2.61. The van der Waals surface area contributed by atoms with Gasteiger partial charge in [-0.1, -0.05) is 12.1 Å². The van der Waals surface area contributed by atoms with Gasteiger partial charge in [-0.15, -0.1) is 0 Å². The minimum absolute atomic E-state index is 0.180. The second kappa shape index (κ2) is 6.36. The number of hydrogen-bond donors (Lipinski definition) is 1. The lowest BCUT2D eigenvalue weighted by molar-refractivity contribution is 0.600. The zero-order valence-corrected chi connectivity index (χ0v) is 15.5. The van der Waals surface area contributed by atoms with Crippen LogP contribution < -0.4 is 4.72 Å². The fraction of sp³-hybridized carbons (Fsp3) is 0.294. The van der Waals surface area contributed by atoms with Gasteiger partial charge < -0.3 is 0 Å². The van der Waals surface area contributed by atoms with Crippen molar-refractivity contribution in [1.29, 1.82) is 0 Å². The van der Waals surface area contributed by atoms with E-state index in [1.807, 2.05) is 42.8 Å². The second-order valence-corrected chi connectivity index (χ2v) is 7.79. The van der Waals surface area contributed by atoms with E-state index in [2.05, 4.69) is 14.9 Å². The average Bonchev–Trinajstić information content (AvgIpc) is 3.01. The molecule has 3 rings (SSSR count). The molecule has 0 fully saturated rings. The van der Waals surface area contributed by atoms with Gasteiger partial charge in [-0.2, -0.15) is 10.2 Å². The Balaban J connectivity index is 1.84. The van der Waals surface area contributed by atoms with Crippen LogP contribution in [0.25, 0.3) is 0 Å². The van der Waals surface area contributed by atoms with Gasteiger partial charge in [0.2, 0.25) is 0 Å². The number of rotatable bonds is 5. The smallest absolute Gasteiger partial charge is 0.265 e. The molecule has 25 heavy (non-hydrogen) atoms. The summed E-state index contributed by atoms with van der Waals surface area (Å²) in [6, 6.07) is 9.34. The van der Waals surface area contributed by atoms with Crippen LogP contribution in [0.15, 0.2) is 41.4 Å². The molecule has 0 bridgehead atoms. The number of sulfonamides is 1. The van der Waals surface area contributed by atoms with Crippen LogP contribution >= 0.6 is 0 Å². The summed E-state index contributed by atoms with van der Waals surface area (Å²) in [7, 11) is -1.98. The summed E-state index contributed by atoms with van der Waals surface area (Å²) in [5, 5.41) is 8.53. The number of benzene rings is 1. The molecule has 7 nitrogen and oxygen atoms in total. The highest BCUT2D eigenvalue weighted by Crippen LogP contribution is 2.20. The Kier molecular flexibility index (Phi) is 4.38. The lowest BCUT2D eigenvalue weighted by atomic mass is 10.2.